The van der Waals surface area contributed by atoms with Crippen molar-refractivity contribution in [2.45, 2.75) is 0 Å². The highest BCUT2D eigenvalue weighted by Gasteiger charge is 2.11. The summed E-state index contributed by atoms with van der Waals surface area (Å²) < 4.78 is 0. The molecule has 1 rings (SSSR count). The molecule has 0 aromatic heterocycles. The fourth-order valence-corrected chi connectivity index (χ4v) is 1.00. The summed E-state index contributed by atoms with van der Waals surface area (Å²) in [6.45, 7) is 0. The quantitative estimate of drug-likeness (QED) is 0.403. The number of rotatable bonds is 2. The van der Waals surface area contributed by atoms with Crippen LogP contribution in [0.2, 0.25) is 5.02 Å². The number of benzene rings is 1. The Bertz CT molecular complexity index is 337. The Morgan fingerprint density at radius 1 is 1.50 bits per heavy atom. The molecule has 1 aromatic carbocycles. The largest absolute Gasteiger partial charge is 0.298 e. The van der Waals surface area contributed by atoms with E-state index in [2.05, 4.69) is 0 Å². The van der Waals surface area contributed by atoms with Gasteiger partial charge in [0.25, 0.3) is 5.69 Å². The minimum atomic E-state index is -0.600. The van der Waals surface area contributed by atoms with Crippen LogP contribution in [0.1, 0.15) is 10.4 Å². The molecule has 0 saturated heterocycles. The molecule has 0 heterocycles. The molecule has 0 amide bonds. The molecule has 12 heavy (non-hydrogen) atoms. The van der Waals surface area contributed by atoms with E-state index in [1.807, 2.05) is 0 Å². The Labute approximate surface area is 72.9 Å². The number of aldehydes is 1. The van der Waals surface area contributed by atoms with Crippen LogP contribution in [0.15, 0.2) is 18.2 Å². The Balaban J connectivity index is 3.20. The summed E-state index contributed by atoms with van der Waals surface area (Å²) in [5, 5.41) is 10.2. The number of hydrogen-bond donors (Lipinski definition) is 0. The highest BCUT2D eigenvalue weighted by Crippen LogP contribution is 2.24. The maximum atomic E-state index is 10.3. The zero-order valence-corrected chi connectivity index (χ0v) is 6.62. The Kier molecular flexibility index (Phi) is 2.40. The van der Waals surface area contributed by atoms with Gasteiger partial charge in [0.05, 0.1) is 4.92 Å². The van der Waals surface area contributed by atoms with E-state index in [-0.39, 0.29) is 10.7 Å². The Morgan fingerprint density at radius 2 is 2.17 bits per heavy atom. The number of hydrogen-bond acceptors (Lipinski definition) is 3. The SMILES string of the molecule is O=Cc1ccc([N+](=O)[O-])c(Cl)c1. The van der Waals surface area contributed by atoms with Crippen LogP contribution in [0, 0.1) is 10.1 Å². The fraction of sp³-hybridized carbons (Fsp3) is 0. The summed E-state index contributed by atoms with van der Waals surface area (Å²) in [6, 6.07) is 3.80. The average molecular weight is 186 g/mol. The van der Waals surface area contributed by atoms with Crippen molar-refractivity contribution < 1.29 is 9.72 Å². The van der Waals surface area contributed by atoms with Crippen LogP contribution in [-0.4, -0.2) is 11.2 Å². The van der Waals surface area contributed by atoms with Gasteiger partial charge in [0.1, 0.15) is 11.3 Å². The lowest BCUT2D eigenvalue weighted by atomic mass is 10.2. The molecule has 0 bridgehead atoms. The number of nitrogens with zero attached hydrogens (tertiary/aromatic N) is 1. The van der Waals surface area contributed by atoms with Gasteiger partial charge in [-0.25, -0.2) is 0 Å². The smallest absolute Gasteiger partial charge is 0.287 e. The van der Waals surface area contributed by atoms with Crippen molar-refractivity contribution >= 4 is 23.6 Å². The third-order valence-electron chi connectivity index (χ3n) is 1.30. The molecule has 0 aliphatic heterocycles. The van der Waals surface area contributed by atoms with E-state index in [4.69, 9.17) is 11.6 Å². The zero-order valence-electron chi connectivity index (χ0n) is 5.86. The maximum Gasteiger partial charge on any atom is 0.287 e. The third kappa shape index (κ3) is 1.60. The molecule has 0 aliphatic rings. The van der Waals surface area contributed by atoms with E-state index >= 15 is 0 Å². The predicted octanol–water partition coefficient (Wildman–Crippen LogP) is 2.06. The van der Waals surface area contributed by atoms with Crippen LogP contribution >= 0.6 is 11.6 Å². The average Bonchev–Trinajstić information content (AvgIpc) is 2.03. The van der Waals surface area contributed by atoms with E-state index in [1.165, 1.54) is 18.2 Å². The molecule has 0 spiro atoms. The molecule has 0 saturated carbocycles. The number of carbonyl (C=O) groups is 1. The van der Waals surface area contributed by atoms with E-state index in [0.29, 0.717) is 11.8 Å². The van der Waals surface area contributed by atoms with Crippen molar-refractivity contribution in [1.29, 1.82) is 0 Å². The molecule has 4 nitrogen and oxygen atoms in total. The van der Waals surface area contributed by atoms with E-state index in [9.17, 15) is 14.9 Å². The van der Waals surface area contributed by atoms with Gasteiger partial charge in [-0.2, -0.15) is 0 Å². The van der Waals surface area contributed by atoms with E-state index in [1.54, 1.807) is 0 Å². The van der Waals surface area contributed by atoms with Crippen LogP contribution in [0.25, 0.3) is 0 Å². The topological polar surface area (TPSA) is 60.2 Å². The van der Waals surface area contributed by atoms with Crippen LogP contribution < -0.4 is 0 Å². The van der Waals surface area contributed by atoms with Crippen molar-refractivity contribution in [3.05, 3.63) is 38.9 Å². The predicted molar refractivity (Wildman–Crippen MR) is 43.5 cm³/mol. The van der Waals surface area contributed by atoms with Crippen LogP contribution in [0.5, 0.6) is 0 Å². The van der Waals surface area contributed by atoms with Gasteiger partial charge in [-0.15, -0.1) is 0 Å². The van der Waals surface area contributed by atoms with Gasteiger partial charge in [0.2, 0.25) is 0 Å². The first-order valence-electron chi connectivity index (χ1n) is 3.04. The highest BCUT2D eigenvalue weighted by atomic mass is 35.5. The number of halogens is 1. The molecule has 0 unspecified atom stereocenters. The minimum absolute atomic E-state index is 0.0235. The summed E-state index contributed by atoms with van der Waals surface area (Å²) in [7, 11) is 0. The molecule has 0 fully saturated rings. The molecular formula is C7H4ClNO3. The summed E-state index contributed by atoms with van der Waals surface area (Å²) in [6.07, 6.45) is 0.579. The maximum absolute atomic E-state index is 10.3. The van der Waals surface area contributed by atoms with Crippen LogP contribution in [-0.2, 0) is 0 Å². The fourth-order valence-electron chi connectivity index (χ4n) is 0.745. The standard InChI is InChI=1S/C7H4ClNO3/c8-6-3-5(4-10)1-2-7(6)9(11)12/h1-4H. The number of nitro benzene ring substituents is 1. The lowest BCUT2D eigenvalue weighted by Gasteiger charge is -1.94. The summed E-state index contributed by atoms with van der Waals surface area (Å²) in [5.41, 5.74) is 0.132. The number of nitro groups is 1. The normalized spacial score (nSPS) is 9.42. The molecular weight excluding hydrogens is 182 g/mol. The van der Waals surface area contributed by atoms with Gasteiger partial charge in [-0.3, -0.25) is 14.9 Å². The van der Waals surface area contributed by atoms with Gasteiger partial charge in [-0.1, -0.05) is 11.6 Å². The van der Waals surface area contributed by atoms with Crippen LogP contribution in [0.4, 0.5) is 5.69 Å². The zero-order chi connectivity index (χ0) is 9.14. The second kappa shape index (κ2) is 3.32. The summed E-state index contributed by atoms with van der Waals surface area (Å²) >= 11 is 5.50. The highest BCUT2D eigenvalue weighted by molar-refractivity contribution is 6.32. The first-order chi connectivity index (χ1) is 5.65. The monoisotopic (exact) mass is 185 g/mol. The number of carbonyl (C=O) groups excluding carboxylic acids is 1. The first kappa shape index (κ1) is 8.67. The lowest BCUT2D eigenvalue weighted by Crippen LogP contribution is -1.89. The Hall–Kier alpha value is -1.42. The van der Waals surface area contributed by atoms with E-state index < -0.39 is 4.92 Å². The van der Waals surface area contributed by atoms with Crippen molar-refractivity contribution in [1.82, 2.24) is 0 Å². The minimum Gasteiger partial charge on any atom is -0.298 e. The molecule has 1 aromatic rings. The van der Waals surface area contributed by atoms with Gasteiger partial charge in [-0.05, 0) is 12.1 Å². The second-order valence-corrected chi connectivity index (χ2v) is 2.49. The van der Waals surface area contributed by atoms with E-state index in [0.717, 1.165) is 0 Å². The molecule has 0 radical (unpaired) electrons. The van der Waals surface area contributed by atoms with Crippen molar-refractivity contribution in [2.75, 3.05) is 0 Å². The Morgan fingerprint density at radius 3 is 2.58 bits per heavy atom. The van der Waals surface area contributed by atoms with Crippen LogP contribution in [0.3, 0.4) is 0 Å². The second-order valence-electron chi connectivity index (χ2n) is 2.09. The molecule has 0 aliphatic carbocycles. The molecule has 0 N–H and O–H groups in total. The van der Waals surface area contributed by atoms with Crippen molar-refractivity contribution in [3.8, 4) is 0 Å². The molecule has 0 atom stereocenters. The lowest BCUT2D eigenvalue weighted by molar-refractivity contribution is -0.384. The molecule has 5 heteroatoms. The molecule has 62 valence electrons. The third-order valence-corrected chi connectivity index (χ3v) is 1.61. The van der Waals surface area contributed by atoms with Gasteiger partial charge >= 0.3 is 0 Å². The van der Waals surface area contributed by atoms with Gasteiger partial charge in [0, 0.05) is 11.6 Å². The van der Waals surface area contributed by atoms with Crippen molar-refractivity contribution in [3.63, 3.8) is 0 Å². The summed E-state index contributed by atoms with van der Waals surface area (Å²) in [5.74, 6) is 0. The first-order valence-corrected chi connectivity index (χ1v) is 3.42. The van der Waals surface area contributed by atoms with Gasteiger partial charge < -0.3 is 0 Å². The van der Waals surface area contributed by atoms with Crippen molar-refractivity contribution in [2.24, 2.45) is 0 Å². The summed E-state index contributed by atoms with van der Waals surface area (Å²) in [4.78, 5) is 19.9. The van der Waals surface area contributed by atoms with Gasteiger partial charge in [0.15, 0.2) is 0 Å².